The monoisotopic (exact) mass is 398 g/mol. The lowest BCUT2D eigenvalue weighted by molar-refractivity contribution is -0.0286. The predicted octanol–water partition coefficient (Wildman–Crippen LogP) is 3.83. The Morgan fingerprint density at radius 1 is 1.34 bits per heavy atom. The third-order valence-corrected chi connectivity index (χ3v) is 4.61. The summed E-state index contributed by atoms with van der Waals surface area (Å²) >= 11 is 0. The van der Waals surface area contributed by atoms with E-state index in [9.17, 15) is 4.79 Å². The van der Waals surface area contributed by atoms with Crippen LogP contribution in [0.2, 0.25) is 0 Å². The van der Waals surface area contributed by atoms with Crippen LogP contribution in [-0.2, 0) is 16.0 Å². The van der Waals surface area contributed by atoms with Gasteiger partial charge in [0.1, 0.15) is 11.4 Å². The van der Waals surface area contributed by atoms with Gasteiger partial charge >= 0.3 is 6.09 Å². The Labute approximate surface area is 167 Å². The molecule has 152 valence electrons. The number of carbonyl (C=O) groups is 1. The highest BCUT2D eigenvalue weighted by Crippen LogP contribution is 2.30. The number of hydrogen-bond donors (Lipinski definition) is 1. The SMILES string of the molecule is CC(C)(C)OC(=O)NCc1cc2c(F)c(-c3cnn(C4COC4)c3)ccc2cn1. The molecule has 1 aliphatic heterocycles. The molecule has 1 aromatic carbocycles. The van der Waals surface area contributed by atoms with Crippen molar-refractivity contribution >= 4 is 16.9 Å². The first kappa shape index (κ1) is 19.3. The molecule has 1 fully saturated rings. The molecule has 1 saturated heterocycles. The van der Waals surface area contributed by atoms with Gasteiger partial charge in [-0.05, 0) is 26.8 Å². The number of nitrogens with zero attached hydrogens (tertiary/aromatic N) is 3. The third-order valence-electron chi connectivity index (χ3n) is 4.61. The van der Waals surface area contributed by atoms with Crippen molar-refractivity contribution in [2.45, 2.75) is 39.0 Å². The Balaban J connectivity index is 1.56. The average molecular weight is 398 g/mol. The van der Waals surface area contributed by atoms with Gasteiger partial charge in [0, 0.05) is 34.3 Å². The fourth-order valence-corrected chi connectivity index (χ4v) is 3.07. The van der Waals surface area contributed by atoms with Crippen LogP contribution < -0.4 is 5.32 Å². The quantitative estimate of drug-likeness (QED) is 0.723. The van der Waals surface area contributed by atoms with E-state index in [0.717, 1.165) is 0 Å². The smallest absolute Gasteiger partial charge is 0.407 e. The van der Waals surface area contributed by atoms with Crippen LogP contribution in [0.15, 0.2) is 36.8 Å². The summed E-state index contributed by atoms with van der Waals surface area (Å²) in [6.45, 7) is 6.77. The Morgan fingerprint density at radius 2 is 2.14 bits per heavy atom. The van der Waals surface area contributed by atoms with Crippen LogP contribution in [0.25, 0.3) is 21.9 Å². The molecule has 0 atom stereocenters. The van der Waals surface area contributed by atoms with E-state index < -0.39 is 11.7 Å². The van der Waals surface area contributed by atoms with E-state index in [1.807, 2.05) is 16.9 Å². The Morgan fingerprint density at radius 3 is 2.83 bits per heavy atom. The van der Waals surface area contributed by atoms with Gasteiger partial charge in [0.15, 0.2) is 0 Å². The molecule has 3 heterocycles. The maximum absolute atomic E-state index is 15.3. The van der Waals surface area contributed by atoms with Crippen molar-refractivity contribution in [2.75, 3.05) is 13.2 Å². The van der Waals surface area contributed by atoms with Gasteiger partial charge in [-0.15, -0.1) is 0 Å². The predicted molar refractivity (Wildman–Crippen MR) is 106 cm³/mol. The Kier molecular flexibility index (Phi) is 4.96. The fourth-order valence-electron chi connectivity index (χ4n) is 3.07. The number of amides is 1. The van der Waals surface area contributed by atoms with Gasteiger partial charge in [-0.3, -0.25) is 9.67 Å². The standard InChI is InChI=1S/C21H23FN4O3/c1-21(2,3)29-20(27)24-9-15-6-18-13(7-23-15)4-5-17(19(18)22)14-8-25-26(10-14)16-11-28-12-16/h4-8,10,16H,9,11-12H2,1-3H3,(H,24,27). The number of ether oxygens (including phenoxy) is 2. The van der Waals surface area contributed by atoms with Crippen LogP contribution in [-0.4, -0.2) is 39.7 Å². The number of alkyl carbamates (subject to hydrolysis) is 1. The van der Waals surface area contributed by atoms with E-state index in [0.29, 0.717) is 40.8 Å². The Hall–Kier alpha value is -3.00. The molecular formula is C21H23FN4O3. The largest absolute Gasteiger partial charge is 0.444 e. The first-order valence-electron chi connectivity index (χ1n) is 9.46. The second kappa shape index (κ2) is 7.44. The number of pyridine rings is 1. The lowest BCUT2D eigenvalue weighted by Gasteiger charge is -2.25. The summed E-state index contributed by atoms with van der Waals surface area (Å²) < 4.78 is 27.5. The van der Waals surface area contributed by atoms with Gasteiger partial charge in [-0.1, -0.05) is 12.1 Å². The highest BCUT2D eigenvalue weighted by molar-refractivity contribution is 5.87. The molecule has 1 N–H and O–H groups in total. The zero-order chi connectivity index (χ0) is 20.6. The lowest BCUT2D eigenvalue weighted by Crippen LogP contribution is -2.32. The van der Waals surface area contributed by atoms with Crippen molar-refractivity contribution in [3.8, 4) is 11.1 Å². The van der Waals surface area contributed by atoms with Gasteiger partial charge in [0.2, 0.25) is 0 Å². The molecule has 0 spiro atoms. The first-order valence-corrected chi connectivity index (χ1v) is 9.46. The number of halogens is 1. The van der Waals surface area contributed by atoms with E-state index in [1.54, 1.807) is 45.3 Å². The van der Waals surface area contributed by atoms with Crippen molar-refractivity contribution in [1.82, 2.24) is 20.1 Å². The minimum absolute atomic E-state index is 0.147. The van der Waals surface area contributed by atoms with Crippen LogP contribution in [0, 0.1) is 5.82 Å². The number of carbonyl (C=O) groups excluding carboxylic acids is 1. The van der Waals surface area contributed by atoms with Crippen LogP contribution in [0.4, 0.5) is 9.18 Å². The summed E-state index contributed by atoms with van der Waals surface area (Å²) in [6.07, 6.45) is 4.56. The topological polar surface area (TPSA) is 78.3 Å². The second-order valence-corrected chi connectivity index (χ2v) is 8.08. The van der Waals surface area contributed by atoms with Crippen LogP contribution in [0.5, 0.6) is 0 Å². The normalized spacial score (nSPS) is 14.6. The second-order valence-electron chi connectivity index (χ2n) is 8.08. The molecule has 1 amide bonds. The molecule has 1 aliphatic rings. The van der Waals surface area contributed by atoms with Crippen LogP contribution >= 0.6 is 0 Å². The van der Waals surface area contributed by atoms with Crippen LogP contribution in [0.1, 0.15) is 32.5 Å². The molecule has 0 unspecified atom stereocenters. The molecule has 3 aromatic rings. The molecule has 29 heavy (non-hydrogen) atoms. The first-order chi connectivity index (χ1) is 13.8. The molecule has 4 rings (SSSR count). The fraction of sp³-hybridized carbons (Fsp3) is 0.381. The van der Waals surface area contributed by atoms with Crippen LogP contribution in [0.3, 0.4) is 0 Å². The molecule has 0 aliphatic carbocycles. The Bertz CT molecular complexity index is 1050. The van der Waals surface area contributed by atoms with Crippen molar-refractivity contribution in [1.29, 1.82) is 0 Å². The maximum Gasteiger partial charge on any atom is 0.407 e. The van der Waals surface area contributed by atoms with Gasteiger partial charge in [0.25, 0.3) is 0 Å². The average Bonchev–Trinajstić information content (AvgIpc) is 3.06. The van der Waals surface area contributed by atoms with E-state index in [-0.39, 0.29) is 18.4 Å². The number of rotatable bonds is 4. The minimum Gasteiger partial charge on any atom is -0.444 e. The van der Waals surface area contributed by atoms with Crippen molar-refractivity contribution in [3.63, 3.8) is 0 Å². The zero-order valence-electron chi connectivity index (χ0n) is 16.6. The number of benzene rings is 1. The molecule has 0 bridgehead atoms. The summed E-state index contributed by atoms with van der Waals surface area (Å²) in [7, 11) is 0. The maximum atomic E-state index is 15.3. The van der Waals surface area contributed by atoms with Gasteiger partial charge in [-0.2, -0.15) is 5.10 Å². The highest BCUT2D eigenvalue weighted by atomic mass is 19.1. The van der Waals surface area contributed by atoms with Crippen molar-refractivity contribution in [3.05, 3.63) is 48.3 Å². The van der Waals surface area contributed by atoms with E-state index in [4.69, 9.17) is 9.47 Å². The van der Waals surface area contributed by atoms with Crippen molar-refractivity contribution < 1.29 is 18.7 Å². The number of hydrogen-bond acceptors (Lipinski definition) is 5. The summed E-state index contributed by atoms with van der Waals surface area (Å²) in [5.41, 5.74) is 1.14. The molecular weight excluding hydrogens is 375 g/mol. The van der Waals surface area contributed by atoms with Gasteiger partial charge in [0.05, 0.1) is 37.7 Å². The molecule has 7 nitrogen and oxygen atoms in total. The number of nitrogens with one attached hydrogen (secondary N) is 1. The number of fused-ring (bicyclic) bond motifs is 1. The van der Waals surface area contributed by atoms with Gasteiger partial charge in [-0.25, -0.2) is 9.18 Å². The van der Waals surface area contributed by atoms with E-state index in [2.05, 4.69) is 15.4 Å². The van der Waals surface area contributed by atoms with E-state index in [1.165, 1.54) is 0 Å². The lowest BCUT2D eigenvalue weighted by atomic mass is 10.0. The third kappa shape index (κ3) is 4.22. The van der Waals surface area contributed by atoms with Crippen molar-refractivity contribution in [2.24, 2.45) is 0 Å². The van der Waals surface area contributed by atoms with E-state index >= 15 is 4.39 Å². The summed E-state index contributed by atoms with van der Waals surface area (Å²) in [5.74, 6) is -0.340. The molecule has 0 radical (unpaired) electrons. The molecule has 0 saturated carbocycles. The summed E-state index contributed by atoms with van der Waals surface area (Å²) in [5, 5.41) is 8.10. The number of aromatic nitrogens is 3. The van der Waals surface area contributed by atoms with Gasteiger partial charge < -0.3 is 14.8 Å². The summed E-state index contributed by atoms with van der Waals surface area (Å²) in [4.78, 5) is 16.1. The molecule has 8 heteroatoms. The summed E-state index contributed by atoms with van der Waals surface area (Å²) in [6, 6.07) is 5.42. The zero-order valence-corrected chi connectivity index (χ0v) is 16.6. The molecule has 2 aromatic heterocycles. The minimum atomic E-state index is -0.585. The highest BCUT2D eigenvalue weighted by Gasteiger charge is 2.22.